The zero-order valence-corrected chi connectivity index (χ0v) is 22.4. The lowest BCUT2D eigenvalue weighted by Gasteiger charge is -2.17. The summed E-state index contributed by atoms with van der Waals surface area (Å²) in [4.78, 5) is 0. The van der Waals surface area contributed by atoms with Crippen molar-refractivity contribution in [1.29, 1.82) is 0 Å². The standard InChI is InChI=1S/C30H62O/c1-4-7-10-13-16-17-18-19-22-25-28-31-29-30(26-23-20-14-11-8-5-2)27-24-21-15-12-9-6-3/h30H,4-29H2,1-3H3. The molecule has 0 N–H and O–H groups in total. The molecule has 0 radical (unpaired) electrons. The first-order valence-corrected chi connectivity index (χ1v) is 14.9. The van der Waals surface area contributed by atoms with Gasteiger partial charge in [-0.1, -0.05) is 156 Å². The first kappa shape index (κ1) is 31.0. The SMILES string of the molecule is CCCCCCCCCCCCOCC(CCCCCCCC)CCCCCCCC. The summed E-state index contributed by atoms with van der Waals surface area (Å²) in [5.41, 5.74) is 0. The van der Waals surface area contributed by atoms with Gasteiger partial charge in [0.15, 0.2) is 0 Å². The fraction of sp³-hybridized carbons (Fsp3) is 1.00. The van der Waals surface area contributed by atoms with Crippen LogP contribution < -0.4 is 0 Å². The van der Waals surface area contributed by atoms with E-state index in [-0.39, 0.29) is 0 Å². The summed E-state index contributed by atoms with van der Waals surface area (Å²) in [5.74, 6) is 0.820. The maximum absolute atomic E-state index is 6.16. The summed E-state index contributed by atoms with van der Waals surface area (Å²) in [6.07, 6.45) is 33.9. The Hall–Kier alpha value is -0.0400. The molecule has 0 saturated heterocycles. The highest BCUT2D eigenvalue weighted by atomic mass is 16.5. The molecule has 1 heteroatoms. The minimum absolute atomic E-state index is 0.820. The summed E-state index contributed by atoms with van der Waals surface area (Å²) in [7, 11) is 0. The predicted octanol–water partition coefficient (Wildman–Crippen LogP) is 11.0. The summed E-state index contributed by atoms with van der Waals surface area (Å²) >= 11 is 0. The number of rotatable bonds is 27. The zero-order valence-electron chi connectivity index (χ0n) is 22.4. The third-order valence-corrected chi connectivity index (χ3v) is 6.93. The van der Waals surface area contributed by atoms with Crippen molar-refractivity contribution in [3.8, 4) is 0 Å². The van der Waals surface area contributed by atoms with Gasteiger partial charge in [0.05, 0.1) is 0 Å². The molecule has 0 saturated carbocycles. The molecule has 188 valence electrons. The molecule has 0 fully saturated rings. The first-order valence-electron chi connectivity index (χ1n) is 14.9. The molecule has 0 unspecified atom stereocenters. The van der Waals surface area contributed by atoms with Crippen molar-refractivity contribution in [2.24, 2.45) is 5.92 Å². The van der Waals surface area contributed by atoms with Gasteiger partial charge in [0.25, 0.3) is 0 Å². The van der Waals surface area contributed by atoms with E-state index in [1.807, 2.05) is 0 Å². The van der Waals surface area contributed by atoms with E-state index in [0.29, 0.717) is 0 Å². The number of hydrogen-bond acceptors (Lipinski definition) is 1. The Bertz CT molecular complexity index is 285. The molecule has 0 heterocycles. The van der Waals surface area contributed by atoms with Crippen molar-refractivity contribution >= 4 is 0 Å². The van der Waals surface area contributed by atoms with E-state index in [4.69, 9.17) is 4.74 Å². The first-order chi connectivity index (χ1) is 15.3. The van der Waals surface area contributed by atoms with Crippen LogP contribution in [0.15, 0.2) is 0 Å². The number of unbranched alkanes of at least 4 members (excludes halogenated alkanes) is 19. The van der Waals surface area contributed by atoms with Crippen molar-refractivity contribution in [3.63, 3.8) is 0 Å². The van der Waals surface area contributed by atoms with Gasteiger partial charge < -0.3 is 4.74 Å². The number of ether oxygens (including phenoxy) is 1. The molecule has 0 bridgehead atoms. The largest absolute Gasteiger partial charge is 0.381 e. The van der Waals surface area contributed by atoms with Crippen molar-refractivity contribution in [1.82, 2.24) is 0 Å². The maximum atomic E-state index is 6.16. The molecule has 0 amide bonds. The van der Waals surface area contributed by atoms with Crippen LogP contribution >= 0.6 is 0 Å². The van der Waals surface area contributed by atoms with Crippen LogP contribution in [-0.4, -0.2) is 13.2 Å². The van der Waals surface area contributed by atoms with Crippen molar-refractivity contribution < 1.29 is 4.74 Å². The molecule has 0 aliphatic carbocycles. The minimum Gasteiger partial charge on any atom is -0.381 e. The fourth-order valence-corrected chi connectivity index (χ4v) is 4.68. The molecule has 0 aliphatic heterocycles. The van der Waals surface area contributed by atoms with Crippen LogP contribution in [0.4, 0.5) is 0 Å². The Balaban J connectivity index is 3.71. The smallest absolute Gasteiger partial charge is 0.0494 e. The number of hydrogen-bond donors (Lipinski definition) is 0. The third kappa shape index (κ3) is 26.1. The fourth-order valence-electron chi connectivity index (χ4n) is 4.68. The molecular formula is C30H62O. The third-order valence-electron chi connectivity index (χ3n) is 6.93. The van der Waals surface area contributed by atoms with Crippen LogP contribution in [0, 0.1) is 5.92 Å². The van der Waals surface area contributed by atoms with E-state index < -0.39 is 0 Å². The molecular weight excluding hydrogens is 376 g/mol. The lowest BCUT2D eigenvalue weighted by molar-refractivity contribution is 0.0878. The second-order valence-corrected chi connectivity index (χ2v) is 10.2. The Morgan fingerprint density at radius 2 is 0.710 bits per heavy atom. The van der Waals surface area contributed by atoms with Crippen LogP contribution in [-0.2, 0) is 4.74 Å². The van der Waals surface area contributed by atoms with Crippen molar-refractivity contribution in [2.75, 3.05) is 13.2 Å². The van der Waals surface area contributed by atoms with Crippen molar-refractivity contribution in [3.05, 3.63) is 0 Å². The average molecular weight is 439 g/mol. The van der Waals surface area contributed by atoms with E-state index in [2.05, 4.69) is 20.8 Å². The quantitative estimate of drug-likeness (QED) is 0.116. The Morgan fingerprint density at radius 1 is 0.387 bits per heavy atom. The van der Waals surface area contributed by atoms with E-state index in [0.717, 1.165) is 19.1 Å². The van der Waals surface area contributed by atoms with Crippen LogP contribution in [0.5, 0.6) is 0 Å². The molecule has 0 atom stereocenters. The molecule has 0 aromatic rings. The Morgan fingerprint density at radius 3 is 1.10 bits per heavy atom. The van der Waals surface area contributed by atoms with Gasteiger partial charge >= 0.3 is 0 Å². The summed E-state index contributed by atoms with van der Waals surface area (Å²) in [5, 5.41) is 0. The lowest BCUT2D eigenvalue weighted by atomic mass is 9.94. The normalized spacial score (nSPS) is 11.6. The molecule has 0 aromatic carbocycles. The van der Waals surface area contributed by atoms with Gasteiger partial charge in [0, 0.05) is 13.2 Å². The van der Waals surface area contributed by atoms with Crippen LogP contribution in [0.2, 0.25) is 0 Å². The topological polar surface area (TPSA) is 9.23 Å². The summed E-state index contributed by atoms with van der Waals surface area (Å²) in [6.45, 7) is 8.94. The van der Waals surface area contributed by atoms with Gasteiger partial charge in [-0.05, 0) is 25.2 Å². The molecule has 1 nitrogen and oxygen atoms in total. The maximum Gasteiger partial charge on any atom is 0.0494 e. The Kier molecular flexibility index (Phi) is 28.0. The van der Waals surface area contributed by atoms with Gasteiger partial charge in [0.1, 0.15) is 0 Å². The zero-order chi connectivity index (χ0) is 22.7. The highest BCUT2D eigenvalue weighted by Crippen LogP contribution is 2.20. The van der Waals surface area contributed by atoms with Crippen LogP contribution in [0.3, 0.4) is 0 Å². The van der Waals surface area contributed by atoms with Crippen LogP contribution in [0.25, 0.3) is 0 Å². The second-order valence-electron chi connectivity index (χ2n) is 10.2. The lowest BCUT2D eigenvalue weighted by Crippen LogP contribution is -2.11. The highest BCUT2D eigenvalue weighted by molar-refractivity contribution is 4.61. The molecule has 31 heavy (non-hydrogen) atoms. The van der Waals surface area contributed by atoms with Gasteiger partial charge in [-0.3, -0.25) is 0 Å². The van der Waals surface area contributed by atoms with Crippen LogP contribution in [0.1, 0.15) is 175 Å². The second kappa shape index (κ2) is 28.0. The van der Waals surface area contributed by atoms with E-state index in [1.165, 1.54) is 154 Å². The van der Waals surface area contributed by atoms with E-state index >= 15 is 0 Å². The van der Waals surface area contributed by atoms with Gasteiger partial charge in [0.2, 0.25) is 0 Å². The van der Waals surface area contributed by atoms with Gasteiger partial charge in [-0.25, -0.2) is 0 Å². The molecule has 0 spiro atoms. The average Bonchev–Trinajstić information content (AvgIpc) is 2.78. The summed E-state index contributed by atoms with van der Waals surface area (Å²) in [6, 6.07) is 0. The van der Waals surface area contributed by atoms with E-state index in [1.54, 1.807) is 0 Å². The van der Waals surface area contributed by atoms with Gasteiger partial charge in [-0.2, -0.15) is 0 Å². The molecule has 0 rings (SSSR count). The molecule has 0 aliphatic rings. The predicted molar refractivity (Wildman–Crippen MR) is 142 cm³/mol. The highest BCUT2D eigenvalue weighted by Gasteiger charge is 2.09. The summed E-state index contributed by atoms with van der Waals surface area (Å²) < 4.78 is 6.16. The monoisotopic (exact) mass is 438 g/mol. The van der Waals surface area contributed by atoms with Crippen molar-refractivity contribution in [2.45, 2.75) is 175 Å². The minimum atomic E-state index is 0.820. The van der Waals surface area contributed by atoms with E-state index in [9.17, 15) is 0 Å². The molecule has 0 aromatic heterocycles. The van der Waals surface area contributed by atoms with Gasteiger partial charge in [-0.15, -0.1) is 0 Å². The Labute approximate surface area is 198 Å².